The third-order valence-electron chi connectivity index (χ3n) is 10.4. The van der Waals surface area contributed by atoms with Crippen molar-refractivity contribution < 1.29 is 18.9 Å². The van der Waals surface area contributed by atoms with Gasteiger partial charge in [-0.05, 0) is 75.3 Å². The van der Waals surface area contributed by atoms with Crippen LogP contribution in [0.2, 0.25) is 15.5 Å². The molecule has 5 heterocycles. The summed E-state index contributed by atoms with van der Waals surface area (Å²) in [6, 6.07) is 15.3. The first-order chi connectivity index (χ1) is 29.8. The smallest absolute Gasteiger partial charge is 0.399 e. The largest absolute Gasteiger partial charge is 0.494 e. The van der Waals surface area contributed by atoms with E-state index in [4.69, 9.17) is 44.1 Å². The minimum atomic E-state index is -0.379. The lowest BCUT2D eigenvalue weighted by Crippen LogP contribution is -2.41. The van der Waals surface area contributed by atoms with Crippen molar-refractivity contribution in [1.82, 2.24) is 40.5 Å². The van der Waals surface area contributed by atoms with Crippen molar-refractivity contribution in [2.75, 3.05) is 0 Å². The van der Waals surface area contributed by atoms with Gasteiger partial charge in [0.15, 0.2) is 0 Å². The molecule has 6 aromatic rings. The van der Waals surface area contributed by atoms with Crippen LogP contribution in [0.15, 0.2) is 73.6 Å². The summed E-state index contributed by atoms with van der Waals surface area (Å²) in [5, 5.41) is 9.04. The molecule has 64 heavy (non-hydrogen) atoms. The predicted octanol–water partition coefficient (Wildman–Crippen LogP) is 10.6. The van der Waals surface area contributed by atoms with Crippen LogP contribution in [0.3, 0.4) is 0 Å². The second-order valence-electron chi connectivity index (χ2n) is 18.2. The highest BCUT2D eigenvalue weighted by atomic mass is 35.5. The third kappa shape index (κ3) is 13.6. The number of carbonyl (C=O) groups excluding carboxylic acids is 2. The molecule has 2 aromatic carbocycles. The zero-order chi connectivity index (χ0) is 47.2. The molecule has 0 bridgehead atoms. The van der Waals surface area contributed by atoms with Gasteiger partial charge in [0.1, 0.15) is 37.9 Å². The van der Waals surface area contributed by atoms with E-state index >= 15 is 0 Å². The van der Waals surface area contributed by atoms with E-state index in [0.29, 0.717) is 38.3 Å². The zero-order valence-electron chi connectivity index (χ0n) is 38.2. The summed E-state index contributed by atoms with van der Waals surface area (Å²) < 4.78 is 12.3. The number of thiazole rings is 2. The summed E-state index contributed by atoms with van der Waals surface area (Å²) in [5.41, 5.74) is 6.18. The molecule has 0 atom stereocenters. The van der Waals surface area contributed by atoms with Crippen molar-refractivity contribution in [2.24, 2.45) is 0 Å². The van der Waals surface area contributed by atoms with E-state index in [1.807, 2.05) is 71.9 Å². The molecule has 1 aliphatic rings. The van der Waals surface area contributed by atoms with Gasteiger partial charge in [0.05, 0.1) is 39.3 Å². The van der Waals surface area contributed by atoms with Gasteiger partial charge in [0, 0.05) is 41.6 Å². The van der Waals surface area contributed by atoms with Crippen LogP contribution in [0, 0.1) is 13.8 Å². The normalized spacial score (nSPS) is 14.2. The summed E-state index contributed by atoms with van der Waals surface area (Å²) in [4.78, 5) is 50.3. The Morgan fingerprint density at radius 2 is 1.06 bits per heavy atom. The molecule has 1 aliphatic heterocycles. The molecule has 0 saturated carbocycles. The molecule has 2 N–H and O–H groups in total. The monoisotopic (exact) mass is 962 g/mol. The van der Waals surface area contributed by atoms with Gasteiger partial charge < -0.3 is 19.9 Å². The van der Waals surface area contributed by atoms with Gasteiger partial charge in [-0.25, -0.2) is 29.9 Å². The highest BCUT2D eigenvalue weighted by Crippen LogP contribution is 2.36. The molecule has 0 spiro atoms. The summed E-state index contributed by atoms with van der Waals surface area (Å²) >= 11 is 19.6. The van der Waals surface area contributed by atoms with Gasteiger partial charge in [0.2, 0.25) is 0 Å². The Morgan fingerprint density at radius 3 is 1.45 bits per heavy atom. The molecule has 1 fully saturated rings. The summed E-state index contributed by atoms with van der Waals surface area (Å²) in [6.07, 6.45) is 6.07. The van der Waals surface area contributed by atoms with Crippen molar-refractivity contribution >= 4 is 81.9 Å². The molecule has 7 rings (SSSR count). The fourth-order valence-corrected chi connectivity index (χ4v) is 8.15. The van der Waals surface area contributed by atoms with Crippen LogP contribution in [-0.2, 0) is 33.2 Å². The van der Waals surface area contributed by atoms with Crippen LogP contribution in [-0.4, -0.2) is 60.0 Å². The van der Waals surface area contributed by atoms with Crippen LogP contribution in [0.1, 0.15) is 121 Å². The van der Waals surface area contributed by atoms with E-state index in [2.05, 4.69) is 88.1 Å². The van der Waals surface area contributed by atoms with Crippen molar-refractivity contribution in [3.05, 3.63) is 131 Å². The first kappa shape index (κ1) is 50.7. The molecule has 2 amide bonds. The topological polar surface area (TPSA) is 154 Å². The summed E-state index contributed by atoms with van der Waals surface area (Å²) in [5.74, 6) is -0.193. The van der Waals surface area contributed by atoms with Crippen LogP contribution < -0.4 is 16.1 Å². The molecule has 12 nitrogen and oxygen atoms in total. The maximum absolute atomic E-state index is 12.5. The van der Waals surface area contributed by atoms with Gasteiger partial charge in [-0.2, -0.15) is 0 Å². The SMILES string of the molecule is Cc1cc(-c2cc(Cl)ncn2)ccc1CNC(=O)c1cnc(C(C)(C)C)s1.Cc1cc(B2OC(C)(C)C(C)(C)O2)ccc1CNC(=O)c1cnc(C(C)(C)C)s1.Clc1cc(Cl)ncn1. The Bertz CT molecular complexity index is 2560. The quantitative estimate of drug-likeness (QED) is 0.111. The van der Waals surface area contributed by atoms with E-state index < -0.39 is 0 Å². The summed E-state index contributed by atoms with van der Waals surface area (Å²) in [7, 11) is -0.379. The number of hydrogen-bond donors (Lipinski definition) is 2. The maximum atomic E-state index is 12.5. The Hall–Kier alpha value is -4.35. The van der Waals surface area contributed by atoms with Crippen LogP contribution in [0.5, 0.6) is 0 Å². The van der Waals surface area contributed by atoms with Gasteiger partial charge in [0.25, 0.3) is 11.8 Å². The van der Waals surface area contributed by atoms with Gasteiger partial charge in [-0.15, -0.1) is 22.7 Å². The highest BCUT2D eigenvalue weighted by molar-refractivity contribution is 7.14. The van der Waals surface area contributed by atoms with Crippen LogP contribution in [0.4, 0.5) is 0 Å². The number of hydrogen-bond acceptors (Lipinski definition) is 12. The number of rotatable bonds is 8. The molecule has 18 heteroatoms. The maximum Gasteiger partial charge on any atom is 0.494 e. The molecule has 0 unspecified atom stereocenters. The second-order valence-corrected chi connectivity index (χ2v) is 21.5. The molecule has 338 valence electrons. The lowest BCUT2D eigenvalue weighted by molar-refractivity contribution is 0.00578. The fraction of sp³-hybridized carbons (Fsp3) is 0.391. The standard InChI is InChI=1S/C22H31BN2O3S.C20H21ClN4OS.C4H2Cl2N2/c1-14-11-16(23-27-21(5,6)22(7,8)28-23)10-9-15(14)12-24-18(26)17-13-25-19(29-17)20(2,3)4;1-12-7-13(15-8-17(21)25-11-24-15)5-6-14(12)9-22-18(26)16-10-23-19(27-16)20(2,3)4;5-3-1-4(6)8-2-7-3/h9-11,13H,12H2,1-8H3,(H,24,26);5-8,10-11H,9H2,1-4H3,(H,22,26);1-2H. The van der Waals surface area contributed by atoms with Gasteiger partial charge in [-0.1, -0.05) is 107 Å². The molecular weight excluding hydrogens is 910 g/mol. The van der Waals surface area contributed by atoms with E-state index in [1.54, 1.807) is 18.5 Å². The minimum Gasteiger partial charge on any atom is -0.399 e. The number of aryl methyl sites for hydroxylation is 2. The molecule has 4 aromatic heterocycles. The number of carbonyl (C=O) groups is 2. The first-order valence-electron chi connectivity index (χ1n) is 20.5. The number of amides is 2. The number of nitrogens with zero attached hydrogens (tertiary/aromatic N) is 6. The van der Waals surface area contributed by atoms with Crippen LogP contribution in [0.25, 0.3) is 11.3 Å². The van der Waals surface area contributed by atoms with Crippen LogP contribution >= 0.6 is 57.5 Å². The van der Waals surface area contributed by atoms with Crippen molar-refractivity contribution in [1.29, 1.82) is 0 Å². The fourth-order valence-electron chi connectivity index (χ4n) is 5.88. The lowest BCUT2D eigenvalue weighted by atomic mass is 9.78. The Balaban J connectivity index is 0.000000205. The number of halogens is 3. The van der Waals surface area contributed by atoms with E-state index in [0.717, 1.165) is 49.0 Å². The number of nitrogens with one attached hydrogen (secondary N) is 2. The average Bonchev–Trinajstić information content (AvgIpc) is 3.96. The van der Waals surface area contributed by atoms with E-state index in [9.17, 15) is 9.59 Å². The van der Waals surface area contributed by atoms with Crippen molar-refractivity contribution in [3.63, 3.8) is 0 Å². The predicted molar refractivity (Wildman–Crippen MR) is 260 cm³/mol. The van der Waals surface area contributed by atoms with Gasteiger partial charge in [-0.3, -0.25) is 9.59 Å². The minimum absolute atomic E-state index is 0.0525. The summed E-state index contributed by atoms with van der Waals surface area (Å²) in [6.45, 7) is 25.7. The molecular formula is C46H54BCl3N8O4S2. The molecule has 0 aliphatic carbocycles. The lowest BCUT2D eigenvalue weighted by Gasteiger charge is -2.32. The highest BCUT2D eigenvalue weighted by Gasteiger charge is 2.51. The number of aromatic nitrogens is 6. The average molecular weight is 964 g/mol. The van der Waals surface area contributed by atoms with Crippen molar-refractivity contribution in [2.45, 2.75) is 118 Å². The number of benzene rings is 2. The van der Waals surface area contributed by atoms with Gasteiger partial charge >= 0.3 is 7.12 Å². The second kappa shape index (κ2) is 20.9. The van der Waals surface area contributed by atoms with Crippen molar-refractivity contribution in [3.8, 4) is 11.3 Å². The Morgan fingerprint density at radius 1 is 0.625 bits per heavy atom. The van der Waals surface area contributed by atoms with E-state index in [-0.39, 0.29) is 41.0 Å². The Kier molecular flexibility index (Phi) is 16.5. The molecule has 0 radical (unpaired) electrons. The van der Waals surface area contributed by atoms with E-state index in [1.165, 1.54) is 41.4 Å². The first-order valence-corrected chi connectivity index (χ1v) is 23.2. The zero-order valence-corrected chi connectivity index (χ0v) is 42.1. The third-order valence-corrected chi connectivity index (χ3v) is 13.8. The molecule has 1 saturated heterocycles. The Labute approximate surface area is 399 Å².